The van der Waals surface area contributed by atoms with E-state index in [1.165, 1.54) is 80.1 Å². The van der Waals surface area contributed by atoms with Gasteiger partial charge in [0.2, 0.25) is 51.9 Å². The lowest BCUT2D eigenvalue weighted by atomic mass is 10.1. The molecule has 0 bridgehead atoms. The van der Waals surface area contributed by atoms with Gasteiger partial charge in [-0.3, -0.25) is 19.4 Å². The molecule has 0 aliphatic carbocycles. The number of likely N-dealkylation sites (N-methyl/N-ethyl adjacent to an activating group) is 3. The highest BCUT2D eigenvalue weighted by Crippen LogP contribution is 2.39. The highest BCUT2D eigenvalue weighted by Gasteiger charge is 2.44. The number of carbonyl (C=O) groups is 5. The number of primary sulfonamides is 4. The molecule has 44 heteroatoms. The summed E-state index contributed by atoms with van der Waals surface area (Å²) in [6, 6.07) is 38.7. The topological polar surface area (TPSA) is 535 Å². The predicted octanol–water partition coefficient (Wildman–Crippen LogP) is 11.0. The van der Waals surface area contributed by atoms with Gasteiger partial charge in [-0.05, 0) is 289 Å². The summed E-state index contributed by atoms with van der Waals surface area (Å²) in [4.78, 5) is 73.1. The quantitative estimate of drug-likeness (QED) is 0.0194. The number of hydrogen-bond acceptors (Lipinski definition) is 31. The average Bonchev–Trinajstić information content (AvgIpc) is 1.53. The minimum atomic E-state index is -4.01. The molecule has 4 saturated heterocycles. The number of carboxylic acid groups (broad SMARTS) is 1. The number of aryl methyl sites for hydroxylation is 4. The number of benzene rings is 8. The molecule has 0 spiro atoms. The van der Waals surface area contributed by atoms with Gasteiger partial charge in [-0.25, -0.2) is 68.6 Å². The second kappa shape index (κ2) is 49.8. The molecule has 4 fully saturated rings. The van der Waals surface area contributed by atoms with Crippen molar-refractivity contribution < 1.29 is 112 Å². The summed E-state index contributed by atoms with van der Waals surface area (Å²) < 4.78 is 129. The van der Waals surface area contributed by atoms with Gasteiger partial charge >= 0.3 is 18.2 Å². The number of rotatable bonds is 29. The van der Waals surface area contributed by atoms with Crippen molar-refractivity contribution in [3.05, 3.63) is 190 Å². The van der Waals surface area contributed by atoms with Crippen LogP contribution in [-0.4, -0.2) is 259 Å². The summed E-state index contributed by atoms with van der Waals surface area (Å²) in [6.45, 7) is 21.0. The summed E-state index contributed by atoms with van der Waals surface area (Å²) in [5.41, 5.74) is 5.26. The zero-order valence-electron chi connectivity index (χ0n) is 80.5. The Morgan fingerprint density at radius 1 is 0.428 bits per heavy atom. The number of carbonyl (C=O) groups excluding carboxylic acids is 4. The van der Waals surface area contributed by atoms with Crippen molar-refractivity contribution in [3.8, 4) is 46.0 Å². The summed E-state index contributed by atoms with van der Waals surface area (Å²) in [6.07, 6.45) is 5.25. The van der Waals surface area contributed by atoms with E-state index in [1.807, 2.05) is 133 Å². The van der Waals surface area contributed by atoms with Gasteiger partial charge in [0, 0.05) is 121 Å². The number of hydrogen-bond donors (Lipinski definition) is 12. The van der Waals surface area contributed by atoms with Crippen LogP contribution in [0.2, 0.25) is 0 Å². The summed E-state index contributed by atoms with van der Waals surface area (Å²) in [5.74, 6) is 2.78. The molecule has 756 valence electrons. The monoisotopic (exact) mass is 2060 g/mol. The maximum atomic E-state index is 13.4. The number of nitrogens with zero attached hydrogens (tertiary/aromatic N) is 5. The molecule has 4 aliphatic heterocycles. The molecule has 0 saturated carbocycles. The van der Waals surface area contributed by atoms with Crippen LogP contribution in [-0.2, 0) is 90.1 Å². The second-order valence-corrected chi connectivity index (χ2v) is 45.2. The Morgan fingerprint density at radius 3 is 1.04 bits per heavy atom. The Bertz CT molecular complexity index is 6120. The van der Waals surface area contributed by atoms with Crippen LogP contribution in [0.3, 0.4) is 0 Å². The number of β-amino-alcohol motifs (C(OH)–C–C–N with tert-alkyl or cyclic N) is 4. The Morgan fingerprint density at radius 2 is 0.739 bits per heavy atom. The molecular formula is C94H128N12O24S8. The molecule has 16 N–H and O–H groups in total. The van der Waals surface area contributed by atoms with Gasteiger partial charge in [0.25, 0.3) is 0 Å². The number of nitrogens with two attached hydrogens (primary N) is 4. The number of aliphatic hydroxyl groups is 4. The maximum absolute atomic E-state index is 13.4. The smallest absolute Gasteiger partial charge is 0.411 e. The zero-order valence-corrected chi connectivity index (χ0v) is 87.0. The van der Waals surface area contributed by atoms with E-state index in [-0.39, 0.29) is 76.7 Å². The highest BCUT2D eigenvalue weighted by molar-refractivity contribution is 7.99. The van der Waals surface area contributed by atoms with Gasteiger partial charge in [0.15, 0.2) is 0 Å². The van der Waals surface area contributed by atoms with Gasteiger partial charge in [-0.1, -0.05) is 0 Å². The number of sulfonamides is 4. The minimum Gasteiger partial charge on any atom is -0.480 e. The summed E-state index contributed by atoms with van der Waals surface area (Å²) in [7, 11) is -8.59. The van der Waals surface area contributed by atoms with Crippen LogP contribution in [0.25, 0.3) is 0 Å². The summed E-state index contributed by atoms with van der Waals surface area (Å²) >= 11 is 6.61. The van der Waals surface area contributed by atoms with Gasteiger partial charge in [-0.15, -0.1) is 47.0 Å². The van der Waals surface area contributed by atoms with Crippen molar-refractivity contribution in [2.75, 3.05) is 85.9 Å². The van der Waals surface area contributed by atoms with Crippen LogP contribution in [0.4, 0.5) is 9.59 Å². The number of thioether (sulfide) groups is 4. The minimum absolute atomic E-state index is 0.00583. The van der Waals surface area contributed by atoms with Crippen molar-refractivity contribution in [1.82, 2.24) is 40.4 Å². The van der Waals surface area contributed by atoms with Crippen LogP contribution in [0.5, 0.6) is 46.0 Å². The standard InChI is InChI=1S/C26H35N3O7S2.C21H27N3O5S2.C21H29N3O4S2.C16H20N2O3S2.C10H17NO5/c1-16-11-19(7-10-23(16)37-6)35-22-9-8-20(38(27,33)34)12-17(22)14-28(5)24(31)21-13-18(30)15-29(21)25(32)36-26(2,3)4;1-13-8-16(4-7-20(13)30-3)29-19-6-5-17(31(22,27)28)9-14(19)12-24(2)21(26)18-10-15(25)11-23-18;1-14-8-18(4-7-21(14)29-3)28-20-6-5-19(30(22,26)27)9-15(20)12-24(2)13-16-10-17(25)11-23-16;1-11-8-13(4-7-16(11)22-3)21-15-6-5-14(23(17,19)20)9-12(15)10-18-2;1-10(2,3)16-9(15)11-5-6(12)4-7(11)8(13)14/h7-12,18,21,30H,13-15H2,1-6H3,(H2,27,33,34);4-9,15,18,23,25H,10-12H2,1-3H3,(H2,22,27,28);4-9,16-17,23,25H,10-13H2,1-3H3,(H2,22,26,27);4-9,18H,10H2,1-3H3,(H2,17,19,20);6-7,12H,4-5H2,1-3H3,(H,13,14)/t18-,21?;15-,18?;16?,17-;;6-,7?/m111.1/s1. The number of aliphatic hydroxyl groups excluding tert-OH is 4. The number of ether oxygens (including phenoxy) is 6. The molecule has 12 rings (SSSR count). The third-order valence-electron chi connectivity index (χ3n) is 21.7. The number of carboxylic acids is 1. The number of nitrogens with one attached hydrogen (secondary N) is 3. The van der Waals surface area contributed by atoms with Crippen LogP contribution in [0.15, 0.2) is 185 Å². The van der Waals surface area contributed by atoms with Crippen molar-refractivity contribution in [2.24, 2.45) is 20.6 Å². The lowest BCUT2D eigenvalue weighted by molar-refractivity contribution is -0.142. The fourth-order valence-corrected chi connectivity index (χ4v) is 19.7. The summed E-state index contributed by atoms with van der Waals surface area (Å²) in [5, 5.41) is 78.3. The van der Waals surface area contributed by atoms with Crippen LogP contribution in [0, 0.1) is 27.7 Å². The highest BCUT2D eigenvalue weighted by atomic mass is 32.2. The Kier molecular flexibility index (Phi) is 41.1. The van der Waals surface area contributed by atoms with Gasteiger partial charge in [0.1, 0.15) is 69.3 Å². The van der Waals surface area contributed by atoms with E-state index >= 15 is 0 Å². The van der Waals surface area contributed by atoms with Crippen LogP contribution >= 0.6 is 47.0 Å². The molecule has 36 nitrogen and oxygen atoms in total. The molecule has 8 aromatic rings. The number of amides is 4. The van der Waals surface area contributed by atoms with E-state index in [9.17, 15) is 78.1 Å². The van der Waals surface area contributed by atoms with E-state index in [4.69, 9.17) is 54.1 Å². The molecule has 4 heterocycles. The first kappa shape index (κ1) is 114. The first-order chi connectivity index (χ1) is 64.4. The molecule has 0 aromatic heterocycles. The molecule has 4 aliphatic rings. The third kappa shape index (κ3) is 34.2. The van der Waals surface area contributed by atoms with E-state index in [0.717, 1.165) is 54.6 Å². The van der Waals surface area contributed by atoms with Gasteiger partial charge in [-0.2, -0.15) is 0 Å². The SMILES string of the molecule is CC(C)(C)OC(=O)N1C[C@H](O)CC1C(=O)O.CNCc1cc(S(N)(=O)=O)ccc1Oc1ccc(SC)c(C)c1.CSc1ccc(Oc2ccc(S(N)(=O)=O)cc2CN(C)C(=O)C2C[C@@H](O)CN2)cc1C.CSc1ccc(Oc2ccc(S(N)(=O)=O)cc2CN(C)C(=O)C2C[C@@H](O)CN2C(=O)OC(C)(C)C)cc1C.CSc1ccc(Oc2ccc(S(N)(=O)=O)cc2CN(C)CC2C[C@@H](O)CN2)cc1C. The predicted molar refractivity (Wildman–Crippen MR) is 533 cm³/mol. The van der Waals surface area contributed by atoms with E-state index in [2.05, 4.69) is 20.9 Å². The Hall–Kier alpha value is -9.37. The fraction of sp³-hybridized carbons (Fsp3) is 0.436. The molecule has 4 amide bonds. The van der Waals surface area contributed by atoms with E-state index in [1.54, 1.807) is 127 Å². The average molecular weight is 2070 g/mol. The molecule has 0 radical (unpaired) electrons. The van der Waals surface area contributed by atoms with E-state index in [0.29, 0.717) is 96.1 Å². The van der Waals surface area contributed by atoms with Crippen LogP contribution < -0.4 is 55.5 Å². The molecule has 8 atom stereocenters. The number of likely N-dealkylation sites (tertiary alicyclic amines) is 2. The fourth-order valence-electron chi connectivity index (χ4n) is 15.1. The number of aliphatic carboxylic acids is 1. The molecule has 8 aromatic carbocycles. The van der Waals surface area contributed by atoms with Crippen molar-refractivity contribution in [1.29, 1.82) is 0 Å². The van der Waals surface area contributed by atoms with E-state index < -0.39 is 112 Å². The van der Waals surface area contributed by atoms with Gasteiger partial charge < -0.3 is 84.6 Å². The van der Waals surface area contributed by atoms with Crippen molar-refractivity contribution in [3.63, 3.8) is 0 Å². The largest absolute Gasteiger partial charge is 0.480 e. The second-order valence-electron chi connectivity index (χ2n) is 35.6. The lowest BCUT2D eigenvalue weighted by Gasteiger charge is -2.30. The normalized spacial score (nSPS) is 18.2. The Balaban J connectivity index is 0.000000217. The molecular weight excluding hydrogens is 1940 g/mol. The molecule has 4 unspecified atom stereocenters. The van der Waals surface area contributed by atoms with Crippen molar-refractivity contribution >= 4 is 117 Å². The van der Waals surface area contributed by atoms with Crippen LogP contribution in [0.1, 0.15) is 112 Å². The zero-order chi connectivity index (χ0) is 103. The van der Waals surface area contributed by atoms with Gasteiger partial charge in [0.05, 0.1) is 63.1 Å². The van der Waals surface area contributed by atoms with Crippen molar-refractivity contribution in [2.45, 2.75) is 220 Å². The third-order valence-corrected chi connectivity index (χ3v) is 28.9. The lowest BCUT2D eigenvalue weighted by Crippen LogP contribution is -2.47. The first-order valence-corrected chi connectivity index (χ1v) is 54.6. The Labute approximate surface area is 825 Å². The first-order valence-electron chi connectivity index (χ1n) is 43.5. The molecule has 138 heavy (non-hydrogen) atoms. The maximum Gasteiger partial charge on any atom is 0.411 e.